The van der Waals surface area contributed by atoms with E-state index in [-0.39, 0.29) is 0 Å². The van der Waals surface area contributed by atoms with Crippen LogP contribution in [0.1, 0.15) is 45.1 Å². The van der Waals surface area contributed by atoms with E-state index in [0.29, 0.717) is 11.0 Å². The van der Waals surface area contributed by atoms with E-state index in [2.05, 4.69) is 55.7 Å². The summed E-state index contributed by atoms with van der Waals surface area (Å²) in [6.07, 6.45) is 2.33. The van der Waals surface area contributed by atoms with Gasteiger partial charge in [0.25, 0.3) is 0 Å². The number of hydrogen-bond acceptors (Lipinski definition) is 1. The van der Waals surface area contributed by atoms with Gasteiger partial charge in [-0.15, -0.1) is 0 Å². The first-order chi connectivity index (χ1) is 8.13. The second kappa shape index (κ2) is 7.28. The molecule has 0 aliphatic rings. The van der Waals surface area contributed by atoms with Crippen molar-refractivity contribution in [1.82, 2.24) is 5.32 Å². The molecular formula is C14H22N2S. The van der Waals surface area contributed by atoms with E-state index >= 15 is 0 Å². The van der Waals surface area contributed by atoms with Crippen molar-refractivity contribution in [2.75, 3.05) is 11.9 Å². The average Bonchev–Trinajstić information content (AvgIpc) is 2.30. The first-order valence-electron chi connectivity index (χ1n) is 6.28. The average molecular weight is 250 g/mol. The third-order valence-electron chi connectivity index (χ3n) is 2.65. The Balaban J connectivity index is 2.43. The summed E-state index contributed by atoms with van der Waals surface area (Å²) in [5.41, 5.74) is 2.39. The highest BCUT2D eigenvalue weighted by molar-refractivity contribution is 7.80. The normalized spacial score (nSPS) is 10.4. The third-order valence-corrected chi connectivity index (χ3v) is 2.90. The van der Waals surface area contributed by atoms with Gasteiger partial charge in [0.05, 0.1) is 0 Å². The molecule has 1 rings (SSSR count). The van der Waals surface area contributed by atoms with E-state index in [4.69, 9.17) is 12.2 Å². The molecule has 0 heterocycles. The minimum absolute atomic E-state index is 0.568. The topological polar surface area (TPSA) is 24.1 Å². The van der Waals surface area contributed by atoms with Gasteiger partial charge in [0, 0.05) is 12.2 Å². The number of benzene rings is 1. The summed E-state index contributed by atoms with van der Waals surface area (Å²) in [7, 11) is 0. The minimum Gasteiger partial charge on any atom is -0.362 e. The molecule has 0 fully saturated rings. The van der Waals surface area contributed by atoms with Crippen LogP contribution >= 0.6 is 12.2 Å². The Morgan fingerprint density at radius 1 is 1.24 bits per heavy atom. The Hall–Kier alpha value is -1.09. The van der Waals surface area contributed by atoms with Crippen LogP contribution in [0.25, 0.3) is 0 Å². The third kappa shape index (κ3) is 5.18. The fraction of sp³-hybridized carbons (Fsp3) is 0.500. The summed E-state index contributed by atoms with van der Waals surface area (Å²) in [5.74, 6) is 0.568. The van der Waals surface area contributed by atoms with Crippen LogP contribution in [0.4, 0.5) is 5.69 Å². The molecule has 3 heteroatoms. The lowest BCUT2D eigenvalue weighted by atomic mass is 10.0. The van der Waals surface area contributed by atoms with E-state index in [9.17, 15) is 0 Å². The molecule has 0 aliphatic carbocycles. The van der Waals surface area contributed by atoms with Crippen LogP contribution in [-0.4, -0.2) is 11.7 Å². The van der Waals surface area contributed by atoms with Crippen molar-refractivity contribution in [2.45, 2.75) is 39.5 Å². The number of rotatable bonds is 5. The maximum absolute atomic E-state index is 5.21. The Morgan fingerprint density at radius 2 is 1.88 bits per heavy atom. The van der Waals surface area contributed by atoms with Gasteiger partial charge in [-0.25, -0.2) is 0 Å². The van der Waals surface area contributed by atoms with Crippen LogP contribution in [0.5, 0.6) is 0 Å². The van der Waals surface area contributed by atoms with Crippen LogP contribution < -0.4 is 10.6 Å². The molecule has 0 saturated carbocycles. The summed E-state index contributed by atoms with van der Waals surface area (Å²) in [4.78, 5) is 0. The predicted octanol–water partition coefficient (Wildman–Crippen LogP) is 3.90. The summed E-state index contributed by atoms with van der Waals surface area (Å²) in [6.45, 7) is 7.49. The van der Waals surface area contributed by atoms with Gasteiger partial charge >= 0.3 is 0 Å². The molecule has 0 unspecified atom stereocenters. The van der Waals surface area contributed by atoms with Crippen molar-refractivity contribution in [1.29, 1.82) is 0 Å². The van der Waals surface area contributed by atoms with Gasteiger partial charge < -0.3 is 10.6 Å². The molecule has 0 atom stereocenters. The van der Waals surface area contributed by atoms with Crippen molar-refractivity contribution in [2.24, 2.45) is 0 Å². The molecule has 0 radical (unpaired) electrons. The number of thiocarbonyl (C=S) groups is 1. The molecule has 0 amide bonds. The first-order valence-corrected chi connectivity index (χ1v) is 6.69. The van der Waals surface area contributed by atoms with Crippen molar-refractivity contribution in [3.05, 3.63) is 29.8 Å². The second-order valence-corrected chi connectivity index (χ2v) is 4.92. The van der Waals surface area contributed by atoms with Crippen molar-refractivity contribution >= 4 is 23.0 Å². The van der Waals surface area contributed by atoms with Gasteiger partial charge in [-0.3, -0.25) is 0 Å². The van der Waals surface area contributed by atoms with Crippen molar-refractivity contribution in [3.63, 3.8) is 0 Å². The molecule has 17 heavy (non-hydrogen) atoms. The van der Waals surface area contributed by atoms with E-state index in [1.807, 2.05) is 0 Å². The fourth-order valence-corrected chi connectivity index (χ4v) is 1.73. The van der Waals surface area contributed by atoms with Crippen LogP contribution in [-0.2, 0) is 0 Å². The molecule has 2 nitrogen and oxygen atoms in total. The van der Waals surface area contributed by atoms with Gasteiger partial charge in [0.15, 0.2) is 5.11 Å². The lowest BCUT2D eigenvalue weighted by Gasteiger charge is -2.11. The molecule has 0 aromatic heterocycles. The lowest BCUT2D eigenvalue weighted by molar-refractivity contribution is 0.758. The van der Waals surface area contributed by atoms with E-state index in [1.54, 1.807) is 0 Å². The Labute approximate surface area is 110 Å². The molecule has 0 spiro atoms. The summed E-state index contributed by atoms with van der Waals surface area (Å²) in [5, 5.41) is 7.08. The smallest absolute Gasteiger partial charge is 0.170 e. The van der Waals surface area contributed by atoms with Gasteiger partial charge in [-0.1, -0.05) is 39.3 Å². The van der Waals surface area contributed by atoms with E-state index in [1.165, 1.54) is 12.0 Å². The minimum atomic E-state index is 0.568. The highest BCUT2D eigenvalue weighted by Crippen LogP contribution is 2.16. The lowest BCUT2D eigenvalue weighted by Crippen LogP contribution is -2.29. The number of nitrogens with one attached hydrogen (secondary N) is 2. The number of anilines is 1. The summed E-state index contributed by atoms with van der Waals surface area (Å²) >= 11 is 5.21. The monoisotopic (exact) mass is 250 g/mol. The van der Waals surface area contributed by atoms with Gasteiger partial charge in [-0.2, -0.15) is 0 Å². The zero-order valence-corrected chi connectivity index (χ0v) is 11.7. The van der Waals surface area contributed by atoms with Crippen LogP contribution in [0.3, 0.4) is 0 Å². The highest BCUT2D eigenvalue weighted by Gasteiger charge is 2.00. The molecule has 0 aliphatic heterocycles. The molecule has 0 bridgehead atoms. The molecule has 94 valence electrons. The molecule has 0 saturated heterocycles. The largest absolute Gasteiger partial charge is 0.362 e. The molecular weight excluding hydrogens is 228 g/mol. The number of unbranched alkanes of at least 4 members (excludes halogenated alkanes) is 1. The molecule has 2 N–H and O–H groups in total. The second-order valence-electron chi connectivity index (χ2n) is 4.51. The van der Waals surface area contributed by atoms with Gasteiger partial charge in [-0.05, 0) is 42.3 Å². The van der Waals surface area contributed by atoms with Crippen LogP contribution in [0.15, 0.2) is 24.3 Å². The maximum atomic E-state index is 5.21. The zero-order valence-electron chi connectivity index (χ0n) is 10.9. The predicted molar refractivity (Wildman–Crippen MR) is 79.7 cm³/mol. The van der Waals surface area contributed by atoms with E-state index in [0.717, 1.165) is 18.7 Å². The Bertz CT molecular complexity index is 344. The van der Waals surface area contributed by atoms with Crippen molar-refractivity contribution in [3.8, 4) is 0 Å². The van der Waals surface area contributed by atoms with Crippen molar-refractivity contribution < 1.29 is 0 Å². The summed E-state index contributed by atoms with van der Waals surface area (Å²) < 4.78 is 0. The van der Waals surface area contributed by atoms with Gasteiger partial charge in [0.2, 0.25) is 0 Å². The Kier molecular flexibility index (Phi) is 5.98. The number of hydrogen-bond donors (Lipinski definition) is 2. The highest BCUT2D eigenvalue weighted by atomic mass is 32.1. The quantitative estimate of drug-likeness (QED) is 0.612. The summed E-state index contributed by atoms with van der Waals surface area (Å²) in [6, 6.07) is 8.43. The Morgan fingerprint density at radius 3 is 2.41 bits per heavy atom. The van der Waals surface area contributed by atoms with Crippen LogP contribution in [0.2, 0.25) is 0 Å². The fourth-order valence-electron chi connectivity index (χ4n) is 1.51. The van der Waals surface area contributed by atoms with Gasteiger partial charge in [0.1, 0.15) is 0 Å². The molecule has 1 aromatic carbocycles. The molecule has 1 aromatic rings. The maximum Gasteiger partial charge on any atom is 0.170 e. The SMILES string of the molecule is CCCCNC(=S)Nc1ccc(C(C)C)cc1. The zero-order chi connectivity index (χ0) is 12.7. The van der Waals surface area contributed by atoms with Crippen LogP contribution in [0, 0.1) is 0 Å². The van der Waals surface area contributed by atoms with E-state index < -0.39 is 0 Å². The first kappa shape index (κ1) is 14.0. The standard InChI is InChI=1S/C14H22N2S/c1-4-5-10-15-14(17)16-13-8-6-12(7-9-13)11(2)3/h6-9,11H,4-5,10H2,1-3H3,(H2,15,16,17).